The number of aromatic amines is 2. The fourth-order valence-corrected chi connectivity index (χ4v) is 4.65. The third kappa shape index (κ3) is 4.48. The average molecular weight is 507 g/mol. The molecular weight excluding hydrogens is 479 g/mol. The van der Waals surface area contributed by atoms with Gasteiger partial charge in [-0.05, 0) is 74.6 Å². The van der Waals surface area contributed by atoms with Crippen molar-refractivity contribution in [1.29, 1.82) is 0 Å². The van der Waals surface area contributed by atoms with Crippen LogP contribution in [0.15, 0.2) is 67.3 Å². The van der Waals surface area contributed by atoms with Gasteiger partial charge in [-0.1, -0.05) is 0 Å². The number of pyridine rings is 3. The van der Waals surface area contributed by atoms with Gasteiger partial charge in [0.2, 0.25) is 0 Å². The highest BCUT2D eigenvalue weighted by atomic mass is 19.1. The van der Waals surface area contributed by atoms with Gasteiger partial charge in [0.05, 0.1) is 28.6 Å². The highest BCUT2D eigenvalue weighted by molar-refractivity contribution is 6.00. The van der Waals surface area contributed by atoms with Crippen molar-refractivity contribution >= 4 is 27.6 Å². The number of aromatic nitrogens is 6. The molecule has 0 fully saturated rings. The second-order valence-corrected chi connectivity index (χ2v) is 9.65. The predicted octanol–water partition coefficient (Wildman–Crippen LogP) is 5.65. The number of anilines is 1. The predicted molar refractivity (Wildman–Crippen MR) is 149 cm³/mol. The van der Waals surface area contributed by atoms with E-state index in [4.69, 9.17) is 4.98 Å². The quantitative estimate of drug-likeness (QED) is 0.259. The summed E-state index contributed by atoms with van der Waals surface area (Å²) in [5.41, 5.74) is 9.15. The van der Waals surface area contributed by atoms with E-state index in [2.05, 4.69) is 35.4 Å². The molecule has 8 nitrogen and oxygen atoms in total. The lowest BCUT2D eigenvalue weighted by Crippen LogP contribution is -2.20. The van der Waals surface area contributed by atoms with Crippen LogP contribution in [-0.2, 0) is 0 Å². The van der Waals surface area contributed by atoms with Crippen molar-refractivity contribution in [2.75, 3.05) is 32.5 Å². The Bertz CT molecular complexity index is 1770. The molecule has 0 spiro atoms. The molecule has 0 aliphatic carbocycles. The summed E-state index contributed by atoms with van der Waals surface area (Å²) < 4.78 is 14.6. The van der Waals surface area contributed by atoms with Crippen molar-refractivity contribution in [2.24, 2.45) is 0 Å². The van der Waals surface area contributed by atoms with Crippen LogP contribution in [0.5, 0.6) is 0 Å². The van der Waals surface area contributed by atoms with Crippen molar-refractivity contribution < 1.29 is 4.39 Å². The number of likely N-dealkylation sites (N-methyl/N-ethyl adjacent to an activating group) is 1. The van der Waals surface area contributed by atoms with Crippen molar-refractivity contribution in [1.82, 2.24) is 35.0 Å². The Kier molecular flexibility index (Phi) is 6.05. The van der Waals surface area contributed by atoms with Crippen LogP contribution in [0.4, 0.5) is 10.1 Å². The van der Waals surface area contributed by atoms with Gasteiger partial charge in [-0.15, -0.1) is 0 Å². The summed E-state index contributed by atoms with van der Waals surface area (Å²) in [6.07, 6.45) is 7.14. The van der Waals surface area contributed by atoms with Gasteiger partial charge in [0.15, 0.2) is 0 Å². The summed E-state index contributed by atoms with van der Waals surface area (Å²) in [6, 6.07) is 12.9. The molecule has 9 heteroatoms. The molecule has 6 aromatic rings. The first-order valence-corrected chi connectivity index (χ1v) is 12.4. The lowest BCUT2D eigenvalue weighted by molar-refractivity contribution is 0.425. The topological polar surface area (TPSA) is 98.4 Å². The normalized spacial score (nSPS) is 11.6. The molecule has 0 aliphatic heterocycles. The third-order valence-corrected chi connectivity index (χ3v) is 6.62. The first-order chi connectivity index (χ1) is 18.5. The molecule has 0 radical (unpaired) electrons. The second kappa shape index (κ2) is 9.68. The summed E-state index contributed by atoms with van der Waals surface area (Å²) in [5, 5.41) is 11.9. The fourth-order valence-electron chi connectivity index (χ4n) is 4.65. The maximum absolute atomic E-state index is 14.6. The van der Waals surface area contributed by atoms with Crippen LogP contribution in [0.3, 0.4) is 0 Å². The van der Waals surface area contributed by atoms with Gasteiger partial charge in [0.1, 0.15) is 17.0 Å². The molecule has 5 heterocycles. The summed E-state index contributed by atoms with van der Waals surface area (Å²) in [6.45, 7) is 3.60. The third-order valence-electron chi connectivity index (χ3n) is 6.62. The summed E-state index contributed by atoms with van der Waals surface area (Å²) >= 11 is 0. The first kappa shape index (κ1) is 23.7. The minimum Gasteiger partial charge on any atom is -0.384 e. The van der Waals surface area contributed by atoms with Gasteiger partial charge in [0, 0.05) is 53.9 Å². The monoisotopic (exact) mass is 506 g/mol. The van der Waals surface area contributed by atoms with E-state index in [0.29, 0.717) is 12.2 Å². The molecule has 6 rings (SSSR count). The van der Waals surface area contributed by atoms with Gasteiger partial charge < -0.3 is 15.2 Å². The first-order valence-electron chi connectivity index (χ1n) is 12.4. The van der Waals surface area contributed by atoms with Crippen molar-refractivity contribution in [3.8, 4) is 33.8 Å². The molecule has 3 N–H and O–H groups in total. The number of aryl methyl sites for hydroxylation is 1. The average Bonchev–Trinajstić information content (AvgIpc) is 3.52. The molecule has 38 heavy (non-hydrogen) atoms. The van der Waals surface area contributed by atoms with Crippen LogP contribution in [0, 0.1) is 12.7 Å². The Morgan fingerprint density at radius 1 is 0.947 bits per heavy atom. The van der Waals surface area contributed by atoms with Gasteiger partial charge >= 0.3 is 0 Å². The lowest BCUT2D eigenvalue weighted by atomic mass is 10.0. The Labute approximate surface area is 219 Å². The minimum atomic E-state index is -0.302. The van der Waals surface area contributed by atoms with Gasteiger partial charge in [-0.3, -0.25) is 15.1 Å². The fraction of sp³-hybridized carbons (Fsp3) is 0.172. The van der Waals surface area contributed by atoms with Crippen molar-refractivity contribution in [2.45, 2.75) is 6.92 Å². The van der Waals surface area contributed by atoms with Gasteiger partial charge in [-0.25, -0.2) is 9.37 Å². The molecule has 0 atom stereocenters. The van der Waals surface area contributed by atoms with E-state index in [1.165, 1.54) is 12.1 Å². The Morgan fingerprint density at radius 3 is 2.66 bits per heavy atom. The largest absolute Gasteiger partial charge is 0.384 e. The van der Waals surface area contributed by atoms with E-state index < -0.39 is 0 Å². The molecule has 5 aromatic heterocycles. The number of hydrogen-bond donors (Lipinski definition) is 3. The van der Waals surface area contributed by atoms with Gasteiger partial charge in [-0.2, -0.15) is 5.10 Å². The summed E-state index contributed by atoms with van der Waals surface area (Å²) in [4.78, 5) is 19.1. The maximum Gasteiger partial charge on any atom is 0.135 e. The Balaban J connectivity index is 1.41. The number of rotatable bonds is 7. The zero-order chi connectivity index (χ0) is 26.2. The molecule has 0 unspecified atom stereocenters. The van der Waals surface area contributed by atoms with E-state index in [9.17, 15) is 4.39 Å². The lowest BCUT2D eigenvalue weighted by Gasteiger charge is -2.13. The van der Waals surface area contributed by atoms with Crippen LogP contribution < -0.4 is 5.32 Å². The van der Waals surface area contributed by atoms with E-state index >= 15 is 0 Å². The van der Waals surface area contributed by atoms with Crippen LogP contribution in [0.1, 0.15) is 5.56 Å². The smallest absolute Gasteiger partial charge is 0.135 e. The second-order valence-electron chi connectivity index (χ2n) is 9.65. The number of fused-ring (bicyclic) bond motifs is 2. The zero-order valence-electron chi connectivity index (χ0n) is 21.4. The van der Waals surface area contributed by atoms with Crippen molar-refractivity contribution in [3.05, 3.63) is 78.6 Å². The summed E-state index contributed by atoms with van der Waals surface area (Å²) in [7, 11) is 4.01. The molecule has 190 valence electrons. The van der Waals surface area contributed by atoms with Crippen molar-refractivity contribution in [3.63, 3.8) is 0 Å². The molecule has 1 aromatic carbocycles. The molecule has 0 aliphatic rings. The number of H-pyrrole nitrogens is 2. The zero-order valence-corrected chi connectivity index (χ0v) is 21.4. The summed E-state index contributed by atoms with van der Waals surface area (Å²) in [5.74, 6) is -0.302. The van der Waals surface area contributed by atoms with Crippen LogP contribution in [0.25, 0.3) is 55.7 Å². The molecular formula is C29H27FN8. The highest BCUT2D eigenvalue weighted by Crippen LogP contribution is 2.35. The molecule has 0 saturated carbocycles. The number of benzene rings is 1. The Hall–Kier alpha value is -4.63. The molecule has 0 bridgehead atoms. The van der Waals surface area contributed by atoms with Crippen LogP contribution >= 0.6 is 0 Å². The van der Waals surface area contributed by atoms with E-state index in [-0.39, 0.29) is 5.82 Å². The number of nitrogens with zero attached hydrogens (tertiary/aromatic N) is 5. The van der Waals surface area contributed by atoms with E-state index in [0.717, 1.165) is 67.8 Å². The van der Waals surface area contributed by atoms with E-state index in [1.807, 2.05) is 57.5 Å². The number of hydrogen-bond acceptors (Lipinski definition) is 6. The molecule has 0 saturated heterocycles. The SMILES string of the molecule is Cc1ccncc1-c1ccc2[nH]nc(-c3cc4c(-c5cc(F)cc(NCCN(C)C)c5)cncc4[nH]3)c2n1. The van der Waals surface area contributed by atoms with Crippen LogP contribution in [-0.4, -0.2) is 62.2 Å². The molecule has 0 amide bonds. The number of nitrogens with one attached hydrogen (secondary N) is 3. The number of halogens is 1. The Morgan fingerprint density at radius 2 is 1.82 bits per heavy atom. The minimum absolute atomic E-state index is 0.302. The maximum atomic E-state index is 14.6. The standard InChI is InChI=1S/C29H27FN8/c1-17-6-7-31-14-22(17)24-4-5-25-28(35-24)29(37-36-25)26-13-21-23(15-32-16-27(21)34-26)18-10-19(30)12-20(11-18)33-8-9-38(2)3/h4-7,10-16,33-34H,8-9H2,1-3H3,(H,36,37). The van der Waals surface area contributed by atoms with E-state index in [1.54, 1.807) is 18.6 Å². The highest BCUT2D eigenvalue weighted by Gasteiger charge is 2.17. The van der Waals surface area contributed by atoms with Crippen LogP contribution in [0.2, 0.25) is 0 Å². The van der Waals surface area contributed by atoms with Gasteiger partial charge in [0.25, 0.3) is 0 Å².